The van der Waals surface area contributed by atoms with Gasteiger partial charge in [-0.25, -0.2) is 17.5 Å². The van der Waals surface area contributed by atoms with E-state index >= 15 is 0 Å². The molecule has 1 aromatic carbocycles. The third kappa shape index (κ3) is 5.50. The molecule has 2 rings (SSSR count). The number of sulfonamides is 1. The Morgan fingerprint density at radius 1 is 1.16 bits per heavy atom. The van der Waals surface area contributed by atoms with Crippen molar-refractivity contribution in [1.29, 1.82) is 0 Å². The maximum Gasteiger partial charge on any atom is 0.251 e. The second-order valence-corrected chi connectivity index (χ2v) is 7.48. The molecule has 0 bridgehead atoms. The molecule has 2 amide bonds. The van der Waals surface area contributed by atoms with Crippen LogP contribution < -0.4 is 10.0 Å². The summed E-state index contributed by atoms with van der Waals surface area (Å²) >= 11 is 0. The van der Waals surface area contributed by atoms with Crippen molar-refractivity contribution < 1.29 is 22.4 Å². The van der Waals surface area contributed by atoms with Crippen molar-refractivity contribution in [1.82, 2.24) is 14.9 Å². The van der Waals surface area contributed by atoms with Crippen LogP contribution in [0.3, 0.4) is 0 Å². The summed E-state index contributed by atoms with van der Waals surface area (Å²) in [5.41, 5.74) is 0.129. The third-order valence-corrected chi connectivity index (χ3v) is 5.33. The number of carbonyl (C=O) groups is 2. The molecule has 9 heteroatoms. The molecule has 0 radical (unpaired) electrons. The molecule has 7 nitrogen and oxygen atoms in total. The highest BCUT2D eigenvalue weighted by Crippen LogP contribution is 2.12. The molecular weight excluding hydrogens is 349 g/mol. The Labute approximate surface area is 146 Å². The number of alkyl halides is 1. The Balaban J connectivity index is 1.94. The average molecular weight is 371 g/mol. The van der Waals surface area contributed by atoms with E-state index in [-0.39, 0.29) is 35.9 Å². The lowest BCUT2D eigenvalue weighted by Gasteiger charge is -2.15. The summed E-state index contributed by atoms with van der Waals surface area (Å²) in [6, 6.07) is 5.46. The number of rotatable bonds is 8. The van der Waals surface area contributed by atoms with Crippen LogP contribution in [-0.2, 0) is 14.8 Å². The van der Waals surface area contributed by atoms with E-state index in [4.69, 9.17) is 0 Å². The Morgan fingerprint density at radius 3 is 2.56 bits per heavy atom. The van der Waals surface area contributed by atoms with E-state index < -0.39 is 22.6 Å². The van der Waals surface area contributed by atoms with Gasteiger partial charge in [0.15, 0.2) is 0 Å². The van der Waals surface area contributed by atoms with E-state index in [2.05, 4.69) is 10.0 Å². The van der Waals surface area contributed by atoms with Gasteiger partial charge in [0, 0.05) is 38.2 Å². The Bertz CT molecular complexity index is 718. The monoisotopic (exact) mass is 371 g/mol. The van der Waals surface area contributed by atoms with Crippen LogP contribution in [-0.4, -0.2) is 58.0 Å². The maximum atomic E-state index is 12.3. The van der Waals surface area contributed by atoms with Crippen molar-refractivity contribution in [2.45, 2.75) is 24.2 Å². The lowest BCUT2D eigenvalue weighted by Crippen LogP contribution is -2.32. The van der Waals surface area contributed by atoms with E-state index in [1.54, 1.807) is 4.90 Å². The van der Waals surface area contributed by atoms with Gasteiger partial charge in [-0.2, -0.15) is 0 Å². The highest BCUT2D eigenvalue weighted by Gasteiger charge is 2.20. The molecule has 0 saturated carbocycles. The van der Waals surface area contributed by atoms with Gasteiger partial charge in [0.25, 0.3) is 5.91 Å². The predicted molar refractivity (Wildman–Crippen MR) is 90.4 cm³/mol. The summed E-state index contributed by atoms with van der Waals surface area (Å²) in [5, 5.41) is 2.34. The molecule has 1 saturated heterocycles. The number of hydrogen-bond donors (Lipinski definition) is 2. The number of benzene rings is 1. The molecule has 1 fully saturated rings. The highest BCUT2D eigenvalue weighted by molar-refractivity contribution is 7.89. The minimum absolute atomic E-state index is 0.00403. The van der Waals surface area contributed by atoms with Crippen LogP contribution in [0.15, 0.2) is 29.2 Å². The normalized spacial score (nSPS) is 14.5. The summed E-state index contributed by atoms with van der Waals surface area (Å²) in [7, 11) is -3.83. The van der Waals surface area contributed by atoms with Crippen LogP contribution in [0, 0.1) is 0 Å². The van der Waals surface area contributed by atoms with Crippen LogP contribution in [0.25, 0.3) is 0 Å². The summed E-state index contributed by atoms with van der Waals surface area (Å²) in [6.07, 6.45) is 2.05. The van der Waals surface area contributed by atoms with Crippen molar-refractivity contribution in [3.63, 3.8) is 0 Å². The first kappa shape index (κ1) is 19.3. The summed E-state index contributed by atoms with van der Waals surface area (Å²) in [4.78, 5) is 25.4. The topological polar surface area (TPSA) is 95.6 Å². The maximum absolute atomic E-state index is 12.3. The van der Waals surface area contributed by atoms with E-state index in [0.29, 0.717) is 0 Å². The van der Waals surface area contributed by atoms with Crippen molar-refractivity contribution in [3.8, 4) is 0 Å². The second kappa shape index (κ2) is 8.91. The number of nitrogens with zero attached hydrogens (tertiary/aromatic N) is 1. The number of nitrogens with one attached hydrogen (secondary N) is 2. The van der Waals surface area contributed by atoms with Crippen LogP contribution >= 0.6 is 0 Å². The Morgan fingerprint density at radius 2 is 1.88 bits per heavy atom. The van der Waals surface area contributed by atoms with Crippen LogP contribution in [0.5, 0.6) is 0 Å². The van der Waals surface area contributed by atoms with Gasteiger partial charge < -0.3 is 10.2 Å². The SMILES string of the molecule is O=C(NCCF)c1cccc(S(=O)(=O)NCCC(=O)N2CCCC2)c1. The van der Waals surface area contributed by atoms with Crippen molar-refractivity contribution in [3.05, 3.63) is 29.8 Å². The molecule has 2 N–H and O–H groups in total. The highest BCUT2D eigenvalue weighted by atomic mass is 32.2. The third-order valence-electron chi connectivity index (χ3n) is 3.88. The zero-order valence-corrected chi connectivity index (χ0v) is 14.6. The molecule has 25 heavy (non-hydrogen) atoms. The van der Waals surface area contributed by atoms with Crippen molar-refractivity contribution in [2.24, 2.45) is 0 Å². The van der Waals surface area contributed by atoms with Gasteiger partial charge in [-0.1, -0.05) is 6.07 Å². The van der Waals surface area contributed by atoms with E-state index in [1.165, 1.54) is 24.3 Å². The quantitative estimate of drug-likeness (QED) is 0.702. The average Bonchev–Trinajstić information content (AvgIpc) is 3.14. The molecule has 1 aromatic rings. The fraction of sp³-hybridized carbons (Fsp3) is 0.500. The number of halogens is 1. The van der Waals surface area contributed by atoms with Gasteiger partial charge in [0.2, 0.25) is 15.9 Å². The Hall–Kier alpha value is -2.00. The molecule has 0 aromatic heterocycles. The first-order valence-electron chi connectivity index (χ1n) is 8.16. The van der Waals surface area contributed by atoms with Gasteiger partial charge in [0.05, 0.1) is 4.90 Å². The van der Waals surface area contributed by atoms with E-state index in [9.17, 15) is 22.4 Å². The molecule has 1 aliphatic heterocycles. The molecule has 0 spiro atoms. The number of amides is 2. The molecule has 0 aliphatic carbocycles. The Kier molecular flexibility index (Phi) is 6.89. The predicted octanol–water partition coefficient (Wildman–Crippen LogP) is 0.677. The number of hydrogen-bond acceptors (Lipinski definition) is 4. The summed E-state index contributed by atoms with van der Waals surface area (Å²) in [6.45, 7) is 0.613. The zero-order chi connectivity index (χ0) is 18.3. The van der Waals surface area contributed by atoms with Crippen LogP contribution in [0.2, 0.25) is 0 Å². The van der Waals surface area contributed by atoms with E-state index in [0.717, 1.165) is 25.9 Å². The molecule has 1 heterocycles. The first-order chi connectivity index (χ1) is 11.9. The van der Waals surface area contributed by atoms with Gasteiger partial charge in [-0.3, -0.25) is 9.59 Å². The standard InChI is InChI=1S/C16H22FN3O4S/c17-7-9-18-16(22)13-4-3-5-14(12-13)25(23,24)19-8-6-15(21)20-10-1-2-11-20/h3-5,12,19H,1-2,6-11H2,(H,18,22). The summed E-state index contributed by atoms with van der Waals surface area (Å²) < 4.78 is 39.1. The van der Waals surface area contributed by atoms with Gasteiger partial charge >= 0.3 is 0 Å². The van der Waals surface area contributed by atoms with Crippen LogP contribution in [0.4, 0.5) is 4.39 Å². The fourth-order valence-corrected chi connectivity index (χ4v) is 3.64. The lowest BCUT2D eigenvalue weighted by molar-refractivity contribution is -0.129. The van der Waals surface area contributed by atoms with Crippen molar-refractivity contribution >= 4 is 21.8 Å². The second-order valence-electron chi connectivity index (χ2n) is 5.71. The smallest absolute Gasteiger partial charge is 0.251 e. The number of carbonyl (C=O) groups excluding carboxylic acids is 2. The van der Waals surface area contributed by atoms with Crippen molar-refractivity contribution in [2.75, 3.05) is 32.9 Å². The summed E-state index contributed by atoms with van der Waals surface area (Å²) in [5.74, 6) is -0.613. The van der Waals surface area contributed by atoms with Gasteiger partial charge in [-0.15, -0.1) is 0 Å². The molecule has 0 atom stereocenters. The van der Waals surface area contributed by atoms with E-state index in [1.807, 2.05) is 0 Å². The van der Waals surface area contributed by atoms with Crippen LogP contribution in [0.1, 0.15) is 29.6 Å². The minimum atomic E-state index is -3.83. The minimum Gasteiger partial charge on any atom is -0.349 e. The molecular formula is C16H22FN3O4S. The lowest BCUT2D eigenvalue weighted by atomic mass is 10.2. The fourth-order valence-electron chi connectivity index (χ4n) is 2.57. The zero-order valence-electron chi connectivity index (χ0n) is 13.8. The molecule has 1 aliphatic rings. The molecule has 0 unspecified atom stereocenters. The first-order valence-corrected chi connectivity index (χ1v) is 9.64. The van der Waals surface area contributed by atoms with Gasteiger partial charge in [0.1, 0.15) is 6.67 Å². The molecule has 138 valence electrons. The number of likely N-dealkylation sites (tertiary alicyclic amines) is 1. The van der Waals surface area contributed by atoms with Gasteiger partial charge in [-0.05, 0) is 31.0 Å². The largest absolute Gasteiger partial charge is 0.349 e.